The molecule has 4 saturated carbocycles. The minimum absolute atomic E-state index is 0.0388. The van der Waals surface area contributed by atoms with Crippen LogP contribution < -0.4 is 10.0 Å². The van der Waals surface area contributed by atoms with Gasteiger partial charge in [0.05, 0.1) is 10.3 Å². The molecule has 7 rings (SSSR count). The lowest BCUT2D eigenvalue weighted by atomic mass is 9.42. The highest BCUT2D eigenvalue weighted by Crippen LogP contribution is 2.65. The van der Waals surface area contributed by atoms with Crippen LogP contribution in [0.1, 0.15) is 61.6 Å². The Hall–Kier alpha value is -2.67. The highest BCUT2D eigenvalue weighted by molar-refractivity contribution is 7.90. The molecule has 5 aliphatic rings. The first-order chi connectivity index (χ1) is 16.2. The summed E-state index contributed by atoms with van der Waals surface area (Å²) in [6.07, 6.45) is 6.40. The van der Waals surface area contributed by atoms with Crippen LogP contribution >= 0.6 is 0 Å². The fraction of sp³-hybridized carbons (Fsp3) is 0.481. The van der Waals surface area contributed by atoms with E-state index in [1.807, 2.05) is 0 Å². The van der Waals surface area contributed by atoms with Crippen molar-refractivity contribution in [3.05, 3.63) is 59.2 Å². The molecule has 2 N–H and O–H groups in total. The number of hydrogen-bond acceptors (Lipinski definition) is 4. The number of hydrogen-bond donors (Lipinski definition) is 2. The second-order valence-corrected chi connectivity index (χ2v) is 12.9. The molecular weight excluding hydrogens is 448 g/mol. The van der Waals surface area contributed by atoms with Gasteiger partial charge in [-0.1, -0.05) is 29.8 Å². The average Bonchev–Trinajstić information content (AvgIpc) is 2.78. The Bertz CT molecular complexity index is 1280. The van der Waals surface area contributed by atoms with Crippen LogP contribution in [-0.2, 0) is 31.4 Å². The quantitative estimate of drug-likeness (QED) is 0.688. The van der Waals surface area contributed by atoms with Crippen LogP contribution in [0.2, 0.25) is 0 Å². The van der Waals surface area contributed by atoms with Gasteiger partial charge in [0.15, 0.2) is 0 Å². The first kappa shape index (κ1) is 21.8. The minimum atomic E-state index is -4.00. The second kappa shape index (κ2) is 7.41. The summed E-state index contributed by atoms with van der Waals surface area (Å²) in [4.78, 5) is 25.4. The third-order valence-electron chi connectivity index (χ3n) is 8.72. The number of anilines is 1. The van der Waals surface area contributed by atoms with Gasteiger partial charge in [-0.2, -0.15) is 0 Å². The monoisotopic (exact) mass is 478 g/mol. The highest BCUT2D eigenvalue weighted by atomic mass is 32.2. The molecule has 2 amide bonds. The van der Waals surface area contributed by atoms with Gasteiger partial charge in [0.25, 0.3) is 10.0 Å². The Morgan fingerprint density at radius 1 is 1.00 bits per heavy atom. The smallest absolute Gasteiger partial charge is 0.264 e. The Kier molecular flexibility index (Phi) is 4.76. The lowest BCUT2D eigenvalue weighted by Crippen LogP contribution is -2.59. The molecule has 34 heavy (non-hydrogen) atoms. The lowest BCUT2D eigenvalue weighted by molar-refractivity contribution is -0.147. The number of carbonyl (C=O) groups excluding carboxylic acids is 2. The molecule has 2 aromatic rings. The molecule has 0 saturated heterocycles. The molecule has 1 aliphatic heterocycles. The fourth-order valence-electron chi connectivity index (χ4n) is 7.59. The first-order valence-electron chi connectivity index (χ1n) is 12.2. The Balaban J connectivity index is 1.29. The van der Waals surface area contributed by atoms with Crippen LogP contribution in [0.3, 0.4) is 0 Å². The van der Waals surface area contributed by atoms with E-state index in [2.05, 4.69) is 41.2 Å². The number of benzene rings is 2. The van der Waals surface area contributed by atoms with Crippen molar-refractivity contribution in [2.45, 2.75) is 68.6 Å². The molecule has 0 radical (unpaired) electrons. The standard InChI is InChI=1S/C27H30N2O4S/c1-17-2-5-21(6-3-17)26-12-18-10-19(13-26)15-27(14-18,16-26)25(31)29-34(32,33)22-7-8-23-20(11-22)4-9-24(30)28-23/h2-3,5-8,11,18-19H,4,9-10,12-16H2,1H3,(H,28,30)(H,29,31). The fourth-order valence-corrected chi connectivity index (χ4v) is 8.71. The summed E-state index contributed by atoms with van der Waals surface area (Å²) in [5, 5.41) is 2.77. The molecule has 2 atom stereocenters. The molecular formula is C27H30N2O4S. The van der Waals surface area contributed by atoms with E-state index in [0.29, 0.717) is 36.8 Å². The van der Waals surface area contributed by atoms with Gasteiger partial charge in [-0.25, -0.2) is 13.1 Å². The van der Waals surface area contributed by atoms with Gasteiger partial charge in [0, 0.05) is 12.1 Å². The van der Waals surface area contributed by atoms with Gasteiger partial charge >= 0.3 is 0 Å². The largest absolute Gasteiger partial charge is 0.326 e. The summed E-state index contributed by atoms with van der Waals surface area (Å²) in [6, 6.07) is 13.4. The van der Waals surface area contributed by atoms with Gasteiger partial charge < -0.3 is 5.32 Å². The highest BCUT2D eigenvalue weighted by Gasteiger charge is 2.61. The zero-order chi connectivity index (χ0) is 23.7. The molecule has 7 heteroatoms. The molecule has 0 spiro atoms. The van der Waals surface area contributed by atoms with Crippen molar-refractivity contribution >= 4 is 27.5 Å². The van der Waals surface area contributed by atoms with Gasteiger partial charge in [-0.3, -0.25) is 9.59 Å². The van der Waals surface area contributed by atoms with Crippen molar-refractivity contribution in [3.63, 3.8) is 0 Å². The number of sulfonamides is 1. The molecule has 6 nitrogen and oxygen atoms in total. The SMILES string of the molecule is Cc1ccc(C23CC4CC(CC(C(=O)NS(=O)(=O)c5ccc6c(c5)CCC(=O)N6)(C4)C2)C3)cc1. The van der Waals surface area contributed by atoms with Crippen molar-refractivity contribution in [1.82, 2.24) is 4.72 Å². The maximum absolute atomic E-state index is 13.7. The number of fused-ring (bicyclic) bond motifs is 1. The summed E-state index contributed by atoms with van der Waals surface area (Å²) in [6.45, 7) is 2.08. The molecule has 4 bridgehead atoms. The number of aryl methyl sites for hydroxylation is 2. The van der Waals surface area contributed by atoms with E-state index in [4.69, 9.17) is 0 Å². The molecule has 2 unspecified atom stereocenters. The Morgan fingerprint density at radius 3 is 2.41 bits per heavy atom. The summed E-state index contributed by atoms with van der Waals surface area (Å²) in [5.41, 5.74) is 3.26. The summed E-state index contributed by atoms with van der Waals surface area (Å²) < 4.78 is 29.0. The van der Waals surface area contributed by atoms with Crippen LogP contribution in [0.4, 0.5) is 5.69 Å². The van der Waals surface area contributed by atoms with Crippen LogP contribution in [0.15, 0.2) is 47.4 Å². The van der Waals surface area contributed by atoms with Crippen LogP contribution in [0.5, 0.6) is 0 Å². The molecule has 1 heterocycles. The van der Waals surface area contributed by atoms with E-state index in [0.717, 1.165) is 37.7 Å². The molecule has 4 aliphatic carbocycles. The van der Waals surface area contributed by atoms with Crippen molar-refractivity contribution < 1.29 is 18.0 Å². The first-order valence-corrected chi connectivity index (χ1v) is 13.7. The zero-order valence-corrected chi connectivity index (χ0v) is 20.2. The van der Waals surface area contributed by atoms with Gasteiger partial charge in [-0.15, -0.1) is 0 Å². The lowest BCUT2D eigenvalue weighted by Gasteiger charge is -2.61. The van der Waals surface area contributed by atoms with Crippen molar-refractivity contribution in [2.75, 3.05) is 5.32 Å². The normalized spacial score (nSPS) is 31.6. The topological polar surface area (TPSA) is 92.3 Å². The van der Waals surface area contributed by atoms with Gasteiger partial charge in [-0.05, 0) is 98.4 Å². The van der Waals surface area contributed by atoms with Crippen molar-refractivity contribution in [1.29, 1.82) is 0 Å². The van der Waals surface area contributed by atoms with E-state index in [1.165, 1.54) is 17.2 Å². The van der Waals surface area contributed by atoms with Gasteiger partial charge in [0.1, 0.15) is 0 Å². The molecule has 4 fully saturated rings. The number of amides is 2. The van der Waals surface area contributed by atoms with Crippen LogP contribution in [-0.4, -0.2) is 20.2 Å². The average molecular weight is 479 g/mol. The summed E-state index contributed by atoms with van der Waals surface area (Å²) in [7, 11) is -4.00. The summed E-state index contributed by atoms with van der Waals surface area (Å²) in [5.74, 6) is 0.511. The third-order valence-corrected chi connectivity index (χ3v) is 10.0. The maximum Gasteiger partial charge on any atom is 0.264 e. The van der Waals surface area contributed by atoms with E-state index >= 15 is 0 Å². The predicted molar refractivity (Wildman–Crippen MR) is 129 cm³/mol. The molecule has 2 aromatic carbocycles. The second-order valence-electron chi connectivity index (χ2n) is 11.2. The Labute approximate surface area is 200 Å². The third kappa shape index (κ3) is 3.47. The summed E-state index contributed by atoms with van der Waals surface area (Å²) >= 11 is 0. The number of carbonyl (C=O) groups is 2. The minimum Gasteiger partial charge on any atom is -0.326 e. The van der Waals surface area contributed by atoms with E-state index in [-0.39, 0.29) is 22.1 Å². The van der Waals surface area contributed by atoms with Crippen LogP contribution in [0.25, 0.3) is 0 Å². The van der Waals surface area contributed by atoms with E-state index in [1.54, 1.807) is 12.1 Å². The van der Waals surface area contributed by atoms with Crippen molar-refractivity contribution in [2.24, 2.45) is 17.3 Å². The maximum atomic E-state index is 13.7. The molecule has 0 aromatic heterocycles. The predicted octanol–water partition coefficient (Wildman–Crippen LogP) is 4.22. The van der Waals surface area contributed by atoms with Crippen molar-refractivity contribution in [3.8, 4) is 0 Å². The zero-order valence-electron chi connectivity index (χ0n) is 19.4. The van der Waals surface area contributed by atoms with Crippen LogP contribution in [0, 0.1) is 24.2 Å². The van der Waals surface area contributed by atoms with E-state index in [9.17, 15) is 18.0 Å². The number of nitrogens with one attached hydrogen (secondary N) is 2. The molecule has 178 valence electrons. The Morgan fingerprint density at radius 2 is 1.71 bits per heavy atom. The number of rotatable bonds is 4. The van der Waals surface area contributed by atoms with Gasteiger partial charge in [0.2, 0.25) is 11.8 Å². The van der Waals surface area contributed by atoms with E-state index < -0.39 is 15.4 Å².